The van der Waals surface area contributed by atoms with E-state index in [1.54, 1.807) is 24.3 Å². The van der Waals surface area contributed by atoms with Crippen molar-refractivity contribution >= 4 is 17.5 Å². The van der Waals surface area contributed by atoms with Crippen LogP contribution in [0.15, 0.2) is 48.5 Å². The molecule has 5 heteroatoms. The summed E-state index contributed by atoms with van der Waals surface area (Å²) in [6.45, 7) is 0.380. The first kappa shape index (κ1) is 15.7. The van der Waals surface area contributed by atoms with Crippen molar-refractivity contribution in [2.75, 3.05) is 11.9 Å². The quantitative estimate of drug-likeness (QED) is 0.902. The number of amides is 2. The average Bonchev–Trinajstić information content (AvgIpc) is 3.46. The lowest BCUT2D eigenvalue weighted by Gasteiger charge is -2.24. The lowest BCUT2D eigenvalue weighted by Crippen LogP contribution is -2.32. The van der Waals surface area contributed by atoms with Gasteiger partial charge in [-0.1, -0.05) is 18.2 Å². The predicted octanol–water partition coefficient (Wildman–Crippen LogP) is 2.77. The van der Waals surface area contributed by atoms with Crippen molar-refractivity contribution in [3.8, 4) is 5.75 Å². The molecule has 0 saturated heterocycles. The second kappa shape index (κ2) is 6.59. The van der Waals surface area contributed by atoms with Crippen molar-refractivity contribution in [2.45, 2.75) is 25.3 Å². The van der Waals surface area contributed by atoms with Gasteiger partial charge in [0, 0.05) is 17.3 Å². The van der Waals surface area contributed by atoms with Crippen molar-refractivity contribution in [1.82, 2.24) is 5.32 Å². The van der Waals surface area contributed by atoms with E-state index in [1.807, 2.05) is 24.3 Å². The summed E-state index contributed by atoms with van der Waals surface area (Å²) in [5, 5.41) is 5.86. The lowest BCUT2D eigenvalue weighted by atomic mass is 9.96. The number of benzene rings is 2. The maximum Gasteiger partial charge on any atom is 0.251 e. The van der Waals surface area contributed by atoms with Crippen LogP contribution in [-0.4, -0.2) is 24.5 Å². The molecule has 1 atom stereocenters. The second-order valence-corrected chi connectivity index (χ2v) is 6.63. The number of hydrogen-bond acceptors (Lipinski definition) is 3. The van der Waals surface area contributed by atoms with Crippen molar-refractivity contribution in [1.29, 1.82) is 0 Å². The number of ether oxygens (including phenoxy) is 1. The van der Waals surface area contributed by atoms with Crippen LogP contribution in [0.5, 0.6) is 5.75 Å². The largest absolute Gasteiger partial charge is 0.492 e. The molecule has 128 valence electrons. The van der Waals surface area contributed by atoms with Gasteiger partial charge in [-0.15, -0.1) is 0 Å². The van der Waals surface area contributed by atoms with Crippen LogP contribution < -0.4 is 15.4 Å². The molecular formula is C20H20N2O3. The van der Waals surface area contributed by atoms with E-state index in [9.17, 15) is 9.59 Å². The van der Waals surface area contributed by atoms with Crippen LogP contribution >= 0.6 is 0 Å². The van der Waals surface area contributed by atoms with Crippen LogP contribution in [0.3, 0.4) is 0 Å². The van der Waals surface area contributed by atoms with Gasteiger partial charge in [0.25, 0.3) is 5.91 Å². The third-order valence-corrected chi connectivity index (χ3v) is 4.58. The maximum absolute atomic E-state index is 12.5. The van der Waals surface area contributed by atoms with Crippen LogP contribution in [0.4, 0.5) is 5.69 Å². The number of carbonyl (C=O) groups excluding carboxylic acids is 2. The van der Waals surface area contributed by atoms with E-state index >= 15 is 0 Å². The minimum absolute atomic E-state index is 0.0577. The molecule has 0 bridgehead atoms. The first-order chi connectivity index (χ1) is 12.2. The zero-order valence-electron chi connectivity index (χ0n) is 13.8. The van der Waals surface area contributed by atoms with E-state index in [2.05, 4.69) is 10.6 Å². The van der Waals surface area contributed by atoms with Gasteiger partial charge in [-0.25, -0.2) is 0 Å². The minimum atomic E-state index is -0.215. The molecule has 0 radical (unpaired) electrons. The van der Waals surface area contributed by atoms with Gasteiger partial charge in [0.2, 0.25) is 5.91 Å². The molecule has 2 aliphatic rings. The zero-order chi connectivity index (χ0) is 17.2. The zero-order valence-corrected chi connectivity index (χ0v) is 13.8. The Morgan fingerprint density at radius 2 is 1.76 bits per heavy atom. The molecule has 1 fully saturated rings. The Bertz CT molecular complexity index is 797. The topological polar surface area (TPSA) is 67.4 Å². The molecule has 25 heavy (non-hydrogen) atoms. The molecule has 1 aliphatic carbocycles. The van der Waals surface area contributed by atoms with Crippen molar-refractivity contribution in [3.05, 3.63) is 59.7 Å². The number of carbonyl (C=O) groups is 2. The fourth-order valence-electron chi connectivity index (χ4n) is 2.94. The number of para-hydroxylation sites is 1. The van der Waals surface area contributed by atoms with Crippen molar-refractivity contribution in [2.24, 2.45) is 5.92 Å². The SMILES string of the molecule is O=C(NC1CC1)c1ccc(NC(=O)C2COc3ccccc3C2)cc1. The van der Waals surface area contributed by atoms with Crippen LogP contribution in [0, 0.1) is 5.92 Å². The molecule has 1 heterocycles. The van der Waals surface area contributed by atoms with Gasteiger partial charge in [0.1, 0.15) is 12.4 Å². The highest BCUT2D eigenvalue weighted by atomic mass is 16.5. The highest BCUT2D eigenvalue weighted by Crippen LogP contribution is 2.27. The summed E-state index contributed by atoms with van der Waals surface area (Å²) in [6, 6.07) is 15.1. The average molecular weight is 336 g/mol. The molecule has 2 N–H and O–H groups in total. The van der Waals surface area contributed by atoms with Crippen LogP contribution in [0.25, 0.3) is 0 Å². The van der Waals surface area contributed by atoms with Gasteiger partial charge in [-0.05, 0) is 55.2 Å². The summed E-state index contributed by atoms with van der Waals surface area (Å²) >= 11 is 0. The van der Waals surface area contributed by atoms with Gasteiger partial charge in [0.05, 0.1) is 5.92 Å². The van der Waals surface area contributed by atoms with Gasteiger partial charge >= 0.3 is 0 Å². The Labute approximate surface area is 146 Å². The highest BCUT2D eigenvalue weighted by Gasteiger charge is 2.26. The highest BCUT2D eigenvalue weighted by molar-refractivity contribution is 5.96. The van der Waals surface area contributed by atoms with Crippen LogP contribution in [0.2, 0.25) is 0 Å². The summed E-state index contributed by atoms with van der Waals surface area (Å²) in [6.07, 6.45) is 2.79. The molecule has 2 aromatic rings. The third kappa shape index (κ3) is 3.65. The van der Waals surface area contributed by atoms with E-state index in [0.717, 1.165) is 24.2 Å². The fourth-order valence-corrected chi connectivity index (χ4v) is 2.94. The van der Waals surface area contributed by atoms with Crippen molar-refractivity contribution in [3.63, 3.8) is 0 Å². The Morgan fingerprint density at radius 3 is 2.52 bits per heavy atom. The third-order valence-electron chi connectivity index (χ3n) is 4.58. The monoisotopic (exact) mass is 336 g/mol. The number of anilines is 1. The molecule has 0 aromatic heterocycles. The summed E-state index contributed by atoms with van der Waals surface area (Å²) in [5.41, 5.74) is 2.35. The molecule has 2 aromatic carbocycles. The van der Waals surface area contributed by atoms with Crippen molar-refractivity contribution < 1.29 is 14.3 Å². The summed E-state index contributed by atoms with van der Waals surface area (Å²) in [5.74, 6) is 0.521. The van der Waals surface area contributed by atoms with E-state index in [-0.39, 0.29) is 17.7 Å². The van der Waals surface area contributed by atoms with Gasteiger partial charge in [-0.2, -0.15) is 0 Å². The minimum Gasteiger partial charge on any atom is -0.492 e. The molecule has 1 unspecified atom stereocenters. The molecule has 0 spiro atoms. The molecule has 1 saturated carbocycles. The van der Waals surface area contributed by atoms with Gasteiger partial charge in [-0.3, -0.25) is 9.59 Å². The second-order valence-electron chi connectivity index (χ2n) is 6.63. The fraction of sp³-hybridized carbons (Fsp3) is 0.300. The smallest absolute Gasteiger partial charge is 0.251 e. The van der Waals surface area contributed by atoms with E-state index in [4.69, 9.17) is 4.74 Å². The molecule has 5 nitrogen and oxygen atoms in total. The molecule has 4 rings (SSSR count). The number of fused-ring (bicyclic) bond motifs is 1. The van der Waals surface area contributed by atoms with Gasteiger partial charge in [0.15, 0.2) is 0 Å². The molecule has 2 amide bonds. The Kier molecular flexibility index (Phi) is 4.14. The number of rotatable bonds is 4. The maximum atomic E-state index is 12.5. The molecule has 1 aliphatic heterocycles. The first-order valence-electron chi connectivity index (χ1n) is 8.61. The van der Waals surface area contributed by atoms with Crippen LogP contribution in [0.1, 0.15) is 28.8 Å². The standard InChI is InChI=1S/C20H20N2O3/c23-19(21-17-9-10-17)13-5-7-16(8-6-13)22-20(24)15-11-14-3-1-2-4-18(14)25-12-15/h1-8,15,17H,9-12H2,(H,21,23)(H,22,24). The van der Waals surface area contributed by atoms with E-state index in [1.165, 1.54) is 0 Å². The molecular weight excluding hydrogens is 316 g/mol. The summed E-state index contributed by atoms with van der Waals surface area (Å²) in [4.78, 5) is 24.5. The normalized spacial score (nSPS) is 18.6. The van der Waals surface area contributed by atoms with Crippen LogP contribution in [-0.2, 0) is 11.2 Å². The van der Waals surface area contributed by atoms with E-state index in [0.29, 0.717) is 30.3 Å². The number of hydrogen-bond donors (Lipinski definition) is 2. The Hall–Kier alpha value is -2.82. The number of nitrogens with one attached hydrogen (secondary N) is 2. The summed E-state index contributed by atoms with van der Waals surface area (Å²) < 4.78 is 5.67. The lowest BCUT2D eigenvalue weighted by molar-refractivity contribution is -0.121. The predicted molar refractivity (Wildman–Crippen MR) is 94.7 cm³/mol. The Balaban J connectivity index is 1.37. The van der Waals surface area contributed by atoms with Gasteiger partial charge < -0.3 is 15.4 Å². The first-order valence-corrected chi connectivity index (χ1v) is 8.61. The Morgan fingerprint density at radius 1 is 1.00 bits per heavy atom. The van der Waals surface area contributed by atoms with E-state index < -0.39 is 0 Å². The summed E-state index contributed by atoms with van der Waals surface area (Å²) in [7, 11) is 0.